The number of carbonyl (C=O) groups is 2. The average molecular weight is 227 g/mol. The number of amides is 1. The SMILES string of the molecule is CC(=O)C1(NC(=O)OC(C)(C)C)CCCC1. The molecule has 0 spiro atoms. The van der Waals surface area contributed by atoms with E-state index in [1.807, 2.05) is 20.8 Å². The molecular formula is C12H21NO3. The van der Waals surface area contributed by atoms with Crippen LogP contribution < -0.4 is 5.32 Å². The first-order valence-electron chi connectivity index (χ1n) is 5.77. The number of alkyl carbamates (subject to hydrolysis) is 1. The molecule has 0 heterocycles. The van der Waals surface area contributed by atoms with Crippen LogP contribution in [0.4, 0.5) is 4.79 Å². The van der Waals surface area contributed by atoms with Crippen LogP contribution in [-0.2, 0) is 9.53 Å². The lowest BCUT2D eigenvalue weighted by Gasteiger charge is -2.29. The normalized spacial score (nSPS) is 19.2. The predicted octanol–water partition coefficient (Wildman–Crippen LogP) is 2.41. The molecule has 0 aromatic heterocycles. The molecule has 0 bridgehead atoms. The van der Waals surface area contributed by atoms with Gasteiger partial charge in [0.1, 0.15) is 11.1 Å². The lowest BCUT2D eigenvalue weighted by atomic mass is 9.93. The molecule has 0 aromatic rings. The Balaban J connectivity index is 2.63. The summed E-state index contributed by atoms with van der Waals surface area (Å²) < 4.78 is 5.17. The molecule has 1 aliphatic carbocycles. The van der Waals surface area contributed by atoms with E-state index in [-0.39, 0.29) is 5.78 Å². The second-order valence-electron chi connectivity index (χ2n) is 5.47. The van der Waals surface area contributed by atoms with Crippen LogP contribution in [0, 0.1) is 0 Å². The summed E-state index contributed by atoms with van der Waals surface area (Å²) in [7, 11) is 0. The Kier molecular flexibility index (Phi) is 3.61. The maximum absolute atomic E-state index is 11.6. The van der Waals surface area contributed by atoms with Gasteiger partial charge in [-0.1, -0.05) is 12.8 Å². The van der Waals surface area contributed by atoms with E-state index in [0.29, 0.717) is 0 Å². The van der Waals surface area contributed by atoms with Crippen molar-refractivity contribution in [3.63, 3.8) is 0 Å². The summed E-state index contributed by atoms with van der Waals surface area (Å²) in [6.07, 6.45) is 2.91. The van der Waals surface area contributed by atoms with Crippen LogP contribution in [0.2, 0.25) is 0 Å². The number of rotatable bonds is 2. The molecular weight excluding hydrogens is 206 g/mol. The Hall–Kier alpha value is -1.06. The third kappa shape index (κ3) is 3.22. The van der Waals surface area contributed by atoms with Gasteiger partial charge in [0.05, 0.1) is 0 Å². The summed E-state index contributed by atoms with van der Waals surface area (Å²) in [5.74, 6) is 0.0239. The number of Topliss-reactive ketones (excluding diaryl/α,β-unsaturated/α-hetero) is 1. The van der Waals surface area contributed by atoms with Gasteiger partial charge in [0.25, 0.3) is 0 Å². The average Bonchev–Trinajstić information content (AvgIpc) is 2.49. The Morgan fingerprint density at radius 3 is 2.06 bits per heavy atom. The highest BCUT2D eigenvalue weighted by Gasteiger charge is 2.40. The first kappa shape index (κ1) is 13.0. The summed E-state index contributed by atoms with van der Waals surface area (Å²) in [5, 5.41) is 2.74. The van der Waals surface area contributed by atoms with Gasteiger partial charge in [0.15, 0.2) is 5.78 Å². The smallest absolute Gasteiger partial charge is 0.408 e. The van der Waals surface area contributed by atoms with Gasteiger partial charge in [0.2, 0.25) is 0 Å². The van der Waals surface area contributed by atoms with Crippen LogP contribution in [0.5, 0.6) is 0 Å². The lowest BCUT2D eigenvalue weighted by molar-refractivity contribution is -0.123. The molecule has 1 aliphatic rings. The number of ketones is 1. The minimum absolute atomic E-state index is 0.0239. The zero-order valence-corrected chi connectivity index (χ0v) is 10.6. The minimum atomic E-state index is -0.678. The molecule has 0 unspecified atom stereocenters. The monoisotopic (exact) mass is 227 g/mol. The van der Waals surface area contributed by atoms with E-state index in [1.54, 1.807) is 0 Å². The maximum atomic E-state index is 11.6. The number of hydrogen-bond acceptors (Lipinski definition) is 3. The maximum Gasteiger partial charge on any atom is 0.408 e. The van der Waals surface area contributed by atoms with Crippen molar-refractivity contribution in [1.29, 1.82) is 0 Å². The largest absolute Gasteiger partial charge is 0.444 e. The summed E-state index contributed by atoms with van der Waals surface area (Å²) in [6, 6.07) is 0. The zero-order chi connectivity index (χ0) is 12.4. The van der Waals surface area contributed by atoms with Gasteiger partial charge in [-0.3, -0.25) is 4.79 Å². The summed E-state index contributed by atoms with van der Waals surface area (Å²) in [5.41, 5.74) is -1.21. The van der Waals surface area contributed by atoms with Crippen molar-refractivity contribution in [2.45, 2.75) is 64.5 Å². The summed E-state index contributed by atoms with van der Waals surface area (Å²) in [6.45, 7) is 6.95. The van der Waals surface area contributed by atoms with Gasteiger partial charge in [-0.2, -0.15) is 0 Å². The van der Waals surface area contributed by atoms with Crippen molar-refractivity contribution in [3.8, 4) is 0 Å². The zero-order valence-electron chi connectivity index (χ0n) is 10.6. The highest BCUT2D eigenvalue weighted by molar-refractivity contribution is 5.90. The standard InChI is InChI=1S/C12H21NO3/c1-9(14)12(7-5-6-8-12)13-10(15)16-11(2,3)4/h5-8H2,1-4H3,(H,13,15). The van der Waals surface area contributed by atoms with Crippen molar-refractivity contribution in [3.05, 3.63) is 0 Å². The van der Waals surface area contributed by atoms with Crippen molar-refractivity contribution in [2.75, 3.05) is 0 Å². The molecule has 92 valence electrons. The van der Waals surface area contributed by atoms with Gasteiger partial charge in [-0.15, -0.1) is 0 Å². The molecule has 0 atom stereocenters. The van der Waals surface area contributed by atoms with Gasteiger partial charge in [-0.25, -0.2) is 4.79 Å². The molecule has 0 saturated heterocycles. The van der Waals surface area contributed by atoms with Crippen molar-refractivity contribution >= 4 is 11.9 Å². The molecule has 0 aliphatic heterocycles. The fourth-order valence-electron chi connectivity index (χ4n) is 2.04. The van der Waals surface area contributed by atoms with Gasteiger partial charge < -0.3 is 10.1 Å². The van der Waals surface area contributed by atoms with Gasteiger partial charge in [0, 0.05) is 0 Å². The van der Waals surface area contributed by atoms with E-state index in [4.69, 9.17) is 4.74 Å². The van der Waals surface area contributed by atoms with Crippen LogP contribution in [0.1, 0.15) is 53.4 Å². The van der Waals surface area contributed by atoms with Crippen molar-refractivity contribution < 1.29 is 14.3 Å². The highest BCUT2D eigenvalue weighted by Crippen LogP contribution is 2.30. The van der Waals surface area contributed by atoms with Crippen molar-refractivity contribution in [1.82, 2.24) is 5.32 Å². The van der Waals surface area contributed by atoms with E-state index in [0.717, 1.165) is 25.7 Å². The van der Waals surface area contributed by atoms with Gasteiger partial charge in [-0.05, 0) is 40.5 Å². The molecule has 4 heteroatoms. The van der Waals surface area contributed by atoms with Crippen LogP contribution >= 0.6 is 0 Å². The minimum Gasteiger partial charge on any atom is -0.444 e. The first-order valence-corrected chi connectivity index (χ1v) is 5.77. The number of nitrogens with one attached hydrogen (secondary N) is 1. The Morgan fingerprint density at radius 2 is 1.69 bits per heavy atom. The quantitative estimate of drug-likeness (QED) is 0.788. The fraction of sp³-hybridized carbons (Fsp3) is 0.833. The number of ether oxygens (including phenoxy) is 1. The predicted molar refractivity (Wildman–Crippen MR) is 61.2 cm³/mol. The molecule has 1 saturated carbocycles. The summed E-state index contributed by atoms with van der Waals surface area (Å²) in [4.78, 5) is 23.2. The summed E-state index contributed by atoms with van der Waals surface area (Å²) >= 11 is 0. The van der Waals surface area contributed by atoms with E-state index in [1.165, 1.54) is 6.92 Å². The van der Waals surface area contributed by atoms with Gasteiger partial charge >= 0.3 is 6.09 Å². The lowest BCUT2D eigenvalue weighted by Crippen LogP contribution is -2.52. The van der Waals surface area contributed by atoms with Crippen molar-refractivity contribution in [2.24, 2.45) is 0 Å². The molecule has 4 nitrogen and oxygen atoms in total. The molecule has 0 aromatic carbocycles. The highest BCUT2D eigenvalue weighted by atomic mass is 16.6. The topological polar surface area (TPSA) is 55.4 Å². The molecule has 0 radical (unpaired) electrons. The first-order chi connectivity index (χ1) is 7.25. The Labute approximate surface area is 96.7 Å². The second kappa shape index (κ2) is 4.44. The molecule has 1 fully saturated rings. The van der Waals surface area contributed by atoms with E-state index in [9.17, 15) is 9.59 Å². The molecule has 1 rings (SSSR count). The molecule has 1 N–H and O–H groups in total. The van der Waals surface area contributed by atoms with E-state index < -0.39 is 17.2 Å². The number of hydrogen-bond donors (Lipinski definition) is 1. The third-order valence-electron chi connectivity index (χ3n) is 2.87. The molecule has 1 amide bonds. The van der Waals surface area contributed by atoms with Crippen LogP contribution in [0.3, 0.4) is 0 Å². The Morgan fingerprint density at radius 1 is 1.19 bits per heavy atom. The van der Waals surface area contributed by atoms with Crippen LogP contribution in [-0.4, -0.2) is 23.0 Å². The third-order valence-corrected chi connectivity index (χ3v) is 2.87. The van der Waals surface area contributed by atoms with Crippen LogP contribution in [0.15, 0.2) is 0 Å². The second-order valence-corrected chi connectivity index (χ2v) is 5.47. The van der Waals surface area contributed by atoms with Crippen LogP contribution in [0.25, 0.3) is 0 Å². The van der Waals surface area contributed by atoms with E-state index >= 15 is 0 Å². The van der Waals surface area contributed by atoms with E-state index in [2.05, 4.69) is 5.32 Å². The number of carbonyl (C=O) groups excluding carboxylic acids is 2. The fourth-order valence-corrected chi connectivity index (χ4v) is 2.04. The molecule has 16 heavy (non-hydrogen) atoms. The Bertz CT molecular complexity index is 285.